The highest BCUT2D eigenvalue weighted by Gasteiger charge is 2.17. The average molecular weight is 248 g/mol. The van der Waals surface area contributed by atoms with Crippen LogP contribution >= 0.6 is 11.8 Å². The lowest BCUT2D eigenvalue weighted by atomic mass is 10.1. The number of rotatable bonds is 3. The molecule has 0 fully saturated rings. The van der Waals surface area contributed by atoms with E-state index in [1.54, 1.807) is 0 Å². The molecule has 92 valence electrons. The Bertz CT molecular complexity index is 426. The molecule has 0 radical (unpaired) electrons. The van der Waals surface area contributed by atoms with E-state index in [1.165, 1.54) is 17.5 Å². The molecule has 1 aliphatic heterocycles. The van der Waals surface area contributed by atoms with Crippen LogP contribution in [0.4, 0.5) is 5.69 Å². The Morgan fingerprint density at radius 2 is 2.24 bits per heavy atom. The lowest BCUT2D eigenvalue weighted by Crippen LogP contribution is -2.07. The largest absolute Gasteiger partial charge is 0.335 e. The van der Waals surface area contributed by atoms with Crippen LogP contribution < -0.4 is 5.32 Å². The first kappa shape index (κ1) is 12.5. The molecule has 2 rings (SSSR count). The fourth-order valence-corrected chi connectivity index (χ4v) is 2.91. The number of anilines is 1. The first-order valence-electron chi connectivity index (χ1n) is 6.30. The van der Waals surface area contributed by atoms with Crippen LogP contribution in [0.15, 0.2) is 23.2 Å². The predicted molar refractivity (Wildman–Crippen MR) is 78.2 cm³/mol. The van der Waals surface area contributed by atoms with Crippen molar-refractivity contribution in [3.8, 4) is 0 Å². The molecule has 0 bridgehead atoms. The standard InChI is InChI=1S/C14H20N2S/c1-4-11-8-12(7-6-10(11)3)16-14-15-9-13(5-2)17-14/h6-8,13H,4-5,9H2,1-3H3,(H,15,16). The Morgan fingerprint density at radius 3 is 2.88 bits per heavy atom. The van der Waals surface area contributed by atoms with Gasteiger partial charge in [-0.15, -0.1) is 0 Å². The van der Waals surface area contributed by atoms with E-state index in [2.05, 4.69) is 49.3 Å². The van der Waals surface area contributed by atoms with Crippen molar-refractivity contribution in [1.82, 2.24) is 0 Å². The minimum Gasteiger partial charge on any atom is -0.335 e. The van der Waals surface area contributed by atoms with Gasteiger partial charge in [0.1, 0.15) is 0 Å². The lowest BCUT2D eigenvalue weighted by Gasteiger charge is -2.10. The normalized spacial score (nSPS) is 19.2. The third-order valence-corrected chi connectivity index (χ3v) is 4.42. The van der Waals surface area contributed by atoms with Crippen LogP contribution in [0.25, 0.3) is 0 Å². The summed E-state index contributed by atoms with van der Waals surface area (Å²) >= 11 is 1.86. The van der Waals surface area contributed by atoms with Gasteiger partial charge in [0, 0.05) is 10.9 Å². The fourth-order valence-electron chi connectivity index (χ4n) is 1.95. The Morgan fingerprint density at radius 1 is 1.41 bits per heavy atom. The number of nitrogens with one attached hydrogen (secondary N) is 1. The first-order chi connectivity index (χ1) is 8.22. The van der Waals surface area contributed by atoms with Gasteiger partial charge in [0.15, 0.2) is 5.17 Å². The van der Waals surface area contributed by atoms with Crippen molar-refractivity contribution in [1.29, 1.82) is 0 Å². The summed E-state index contributed by atoms with van der Waals surface area (Å²) in [5.74, 6) is 0. The van der Waals surface area contributed by atoms with Crippen LogP contribution in [0.5, 0.6) is 0 Å². The average Bonchev–Trinajstić information content (AvgIpc) is 2.79. The number of aryl methyl sites for hydroxylation is 2. The van der Waals surface area contributed by atoms with Crippen LogP contribution in [0.1, 0.15) is 31.4 Å². The first-order valence-corrected chi connectivity index (χ1v) is 7.18. The topological polar surface area (TPSA) is 24.4 Å². The van der Waals surface area contributed by atoms with Gasteiger partial charge in [-0.25, -0.2) is 0 Å². The van der Waals surface area contributed by atoms with E-state index < -0.39 is 0 Å². The van der Waals surface area contributed by atoms with E-state index in [1.807, 2.05) is 11.8 Å². The third-order valence-electron chi connectivity index (χ3n) is 3.15. The molecule has 1 aromatic carbocycles. The van der Waals surface area contributed by atoms with E-state index in [0.29, 0.717) is 5.25 Å². The molecule has 0 aliphatic carbocycles. The second-order valence-electron chi connectivity index (χ2n) is 4.41. The summed E-state index contributed by atoms with van der Waals surface area (Å²) in [6.07, 6.45) is 2.27. The molecule has 0 spiro atoms. The number of thioether (sulfide) groups is 1. The summed E-state index contributed by atoms with van der Waals surface area (Å²) in [6.45, 7) is 7.53. The molecule has 0 amide bonds. The SMILES string of the molecule is CCc1cc(NC2=NCC(CC)S2)ccc1C. The lowest BCUT2D eigenvalue weighted by molar-refractivity contribution is 0.843. The van der Waals surface area contributed by atoms with E-state index in [4.69, 9.17) is 0 Å². The van der Waals surface area contributed by atoms with Crippen molar-refractivity contribution < 1.29 is 0 Å². The number of aliphatic imine (C=N–C) groups is 1. The number of hydrogen-bond donors (Lipinski definition) is 1. The zero-order chi connectivity index (χ0) is 12.3. The minimum absolute atomic E-state index is 0.661. The molecule has 1 heterocycles. The summed E-state index contributed by atoms with van der Waals surface area (Å²) in [7, 11) is 0. The van der Waals surface area contributed by atoms with Crippen molar-refractivity contribution in [2.75, 3.05) is 11.9 Å². The minimum atomic E-state index is 0.661. The van der Waals surface area contributed by atoms with Gasteiger partial charge in [0.25, 0.3) is 0 Å². The van der Waals surface area contributed by atoms with Crippen molar-refractivity contribution in [3.05, 3.63) is 29.3 Å². The van der Waals surface area contributed by atoms with Gasteiger partial charge in [-0.05, 0) is 43.0 Å². The molecule has 1 unspecified atom stereocenters. The molecular weight excluding hydrogens is 228 g/mol. The Kier molecular flexibility index (Phi) is 4.11. The molecule has 0 saturated heterocycles. The van der Waals surface area contributed by atoms with Crippen LogP contribution in [-0.4, -0.2) is 17.0 Å². The molecule has 0 aromatic heterocycles. The zero-order valence-electron chi connectivity index (χ0n) is 10.8. The van der Waals surface area contributed by atoms with Crippen LogP contribution in [0.2, 0.25) is 0 Å². The van der Waals surface area contributed by atoms with Crippen LogP contribution in [0.3, 0.4) is 0 Å². The Hall–Kier alpha value is -0.960. The summed E-state index contributed by atoms with van der Waals surface area (Å²) in [6, 6.07) is 6.55. The van der Waals surface area contributed by atoms with Crippen molar-refractivity contribution in [2.45, 2.75) is 38.9 Å². The maximum atomic E-state index is 4.53. The predicted octanol–water partition coefficient (Wildman–Crippen LogP) is 3.85. The van der Waals surface area contributed by atoms with Gasteiger partial charge in [0.2, 0.25) is 0 Å². The molecular formula is C14H20N2S. The fraction of sp³-hybridized carbons (Fsp3) is 0.500. The number of hydrogen-bond acceptors (Lipinski definition) is 3. The number of amidine groups is 1. The van der Waals surface area contributed by atoms with E-state index >= 15 is 0 Å². The summed E-state index contributed by atoms with van der Waals surface area (Å²) in [4.78, 5) is 4.53. The Labute approximate surface area is 108 Å². The molecule has 0 saturated carbocycles. The van der Waals surface area contributed by atoms with Gasteiger partial charge >= 0.3 is 0 Å². The third kappa shape index (κ3) is 3.03. The smallest absolute Gasteiger partial charge is 0.161 e. The molecule has 2 nitrogen and oxygen atoms in total. The second kappa shape index (κ2) is 5.58. The zero-order valence-corrected chi connectivity index (χ0v) is 11.6. The maximum absolute atomic E-state index is 4.53. The highest BCUT2D eigenvalue weighted by Crippen LogP contribution is 2.25. The van der Waals surface area contributed by atoms with Gasteiger partial charge in [-0.3, -0.25) is 4.99 Å². The van der Waals surface area contributed by atoms with Crippen molar-refractivity contribution in [2.24, 2.45) is 4.99 Å². The molecule has 1 atom stereocenters. The molecule has 17 heavy (non-hydrogen) atoms. The van der Waals surface area contributed by atoms with Gasteiger partial charge in [-0.1, -0.05) is 31.7 Å². The van der Waals surface area contributed by atoms with Gasteiger partial charge in [-0.2, -0.15) is 0 Å². The van der Waals surface area contributed by atoms with Crippen LogP contribution in [0, 0.1) is 6.92 Å². The molecule has 1 N–H and O–H groups in total. The molecule has 1 aliphatic rings. The van der Waals surface area contributed by atoms with Crippen molar-refractivity contribution >= 4 is 22.6 Å². The maximum Gasteiger partial charge on any atom is 0.161 e. The second-order valence-corrected chi connectivity index (χ2v) is 5.70. The number of nitrogens with zero attached hydrogens (tertiary/aromatic N) is 1. The molecule has 3 heteroatoms. The highest BCUT2D eigenvalue weighted by molar-refractivity contribution is 8.15. The van der Waals surface area contributed by atoms with Gasteiger partial charge < -0.3 is 5.32 Å². The van der Waals surface area contributed by atoms with E-state index in [-0.39, 0.29) is 0 Å². The van der Waals surface area contributed by atoms with Gasteiger partial charge in [0.05, 0.1) is 6.54 Å². The summed E-state index contributed by atoms with van der Waals surface area (Å²) in [5, 5.41) is 5.15. The highest BCUT2D eigenvalue weighted by atomic mass is 32.2. The van der Waals surface area contributed by atoms with E-state index in [9.17, 15) is 0 Å². The van der Waals surface area contributed by atoms with E-state index in [0.717, 1.165) is 23.8 Å². The number of benzene rings is 1. The van der Waals surface area contributed by atoms with Crippen LogP contribution in [-0.2, 0) is 6.42 Å². The van der Waals surface area contributed by atoms with Crippen molar-refractivity contribution in [3.63, 3.8) is 0 Å². The summed E-state index contributed by atoms with van der Waals surface area (Å²) in [5.41, 5.74) is 3.94. The Balaban J connectivity index is 2.04. The quantitative estimate of drug-likeness (QED) is 0.878. The summed E-state index contributed by atoms with van der Waals surface area (Å²) < 4.78 is 0. The monoisotopic (exact) mass is 248 g/mol. The molecule has 1 aromatic rings.